The molecule has 4 rings (SSSR count). The van der Waals surface area contributed by atoms with Crippen molar-refractivity contribution in [3.8, 4) is 0 Å². The van der Waals surface area contributed by atoms with Crippen LogP contribution in [-0.4, -0.2) is 26.2 Å². The fourth-order valence-corrected chi connectivity index (χ4v) is 3.89. The van der Waals surface area contributed by atoms with Gasteiger partial charge in [0.05, 0.1) is 23.1 Å². The number of hydrogen-bond acceptors (Lipinski definition) is 3. The number of aryl methyl sites for hydroxylation is 1. The molecular formula is C19H25N3O2. The van der Waals surface area contributed by atoms with E-state index in [0.29, 0.717) is 5.92 Å². The minimum Gasteiger partial charge on any atom is -0.389 e. The van der Waals surface area contributed by atoms with Gasteiger partial charge in [0.25, 0.3) is 0 Å². The van der Waals surface area contributed by atoms with E-state index in [2.05, 4.69) is 16.9 Å². The number of nitrogens with zero attached hydrogens (tertiary/aromatic N) is 2. The minimum absolute atomic E-state index is 0.114. The molecule has 1 aromatic heterocycles. The van der Waals surface area contributed by atoms with E-state index < -0.39 is 5.60 Å². The van der Waals surface area contributed by atoms with Gasteiger partial charge in [-0.15, -0.1) is 0 Å². The second-order valence-electron chi connectivity index (χ2n) is 7.52. The Labute approximate surface area is 142 Å². The summed E-state index contributed by atoms with van der Waals surface area (Å²) >= 11 is 0. The monoisotopic (exact) mass is 327 g/mol. The zero-order valence-corrected chi connectivity index (χ0v) is 14.2. The van der Waals surface area contributed by atoms with Crippen LogP contribution in [0.1, 0.15) is 63.1 Å². The lowest BCUT2D eigenvalue weighted by Gasteiger charge is -2.31. The molecule has 2 aliphatic carbocycles. The topological polar surface area (TPSA) is 67.2 Å². The number of carbonyl (C=O) groups is 1. The number of carbonyl (C=O) groups excluding carboxylic acids is 1. The Morgan fingerprint density at radius 2 is 2.08 bits per heavy atom. The lowest BCUT2D eigenvalue weighted by molar-refractivity contribution is -0.122. The Kier molecular flexibility index (Phi) is 3.83. The van der Waals surface area contributed by atoms with Crippen molar-refractivity contribution in [1.82, 2.24) is 9.55 Å². The third-order valence-electron chi connectivity index (χ3n) is 5.42. The highest BCUT2D eigenvalue weighted by molar-refractivity contribution is 5.93. The molecule has 0 radical (unpaired) electrons. The number of fused-ring (bicyclic) bond motifs is 1. The van der Waals surface area contributed by atoms with Crippen LogP contribution in [0.3, 0.4) is 0 Å². The number of imidazole rings is 1. The van der Waals surface area contributed by atoms with E-state index in [9.17, 15) is 9.90 Å². The van der Waals surface area contributed by atoms with Crippen molar-refractivity contribution in [2.45, 2.75) is 62.9 Å². The average molecular weight is 327 g/mol. The van der Waals surface area contributed by atoms with Crippen molar-refractivity contribution in [2.24, 2.45) is 7.05 Å². The molecule has 1 heterocycles. The normalized spacial score (nSPS) is 20.2. The summed E-state index contributed by atoms with van der Waals surface area (Å²) in [6.45, 7) is 0. The molecule has 128 valence electrons. The van der Waals surface area contributed by atoms with Gasteiger partial charge in [-0.05, 0) is 43.9 Å². The number of aliphatic hydroxyl groups is 1. The third kappa shape index (κ3) is 3.05. The molecule has 5 nitrogen and oxygen atoms in total. The fraction of sp³-hybridized carbons (Fsp3) is 0.579. The summed E-state index contributed by atoms with van der Waals surface area (Å²) in [4.78, 5) is 17.0. The maximum Gasteiger partial charge on any atom is 0.227 e. The second kappa shape index (κ2) is 5.88. The van der Waals surface area contributed by atoms with Gasteiger partial charge >= 0.3 is 0 Å². The van der Waals surface area contributed by atoms with E-state index in [1.807, 2.05) is 18.2 Å². The molecule has 2 fully saturated rings. The van der Waals surface area contributed by atoms with Crippen molar-refractivity contribution >= 4 is 22.6 Å². The van der Waals surface area contributed by atoms with Gasteiger partial charge in [0.15, 0.2) is 0 Å². The quantitative estimate of drug-likeness (QED) is 0.903. The first kappa shape index (κ1) is 15.6. The lowest BCUT2D eigenvalue weighted by Crippen LogP contribution is -2.35. The van der Waals surface area contributed by atoms with E-state index in [1.54, 1.807) is 0 Å². The zero-order valence-electron chi connectivity index (χ0n) is 14.2. The molecule has 2 saturated carbocycles. The molecule has 0 bridgehead atoms. The first-order chi connectivity index (χ1) is 11.5. The number of aromatic nitrogens is 2. The maximum absolute atomic E-state index is 12.3. The lowest BCUT2D eigenvalue weighted by atomic mass is 9.82. The maximum atomic E-state index is 12.3. The van der Waals surface area contributed by atoms with E-state index in [1.165, 1.54) is 12.8 Å². The van der Waals surface area contributed by atoms with Gasteiger partial charge in [-0.1, -0.05) is 19.3 Å². The van der Waals surface area contributed by atoms with E-state index in [-0.39, 0.29) is 12.3 Å². The van der Waals surface area contributed by atoms with Gasteiger partial charge in [-0.2, -0.15) is 0 Å². The smallest absolute Gasteiger partial charge is 0.227 e. The SMILES string of the molecule is Cn1c(C2CC2)nc2cc(NC(=O)CC3(O)CCCCC3)ccc21. The highest BCUT2D eigenvalue weighted by atomic mass is 16.3. The highest BCUT2D eigenvalue weighted by Gasteiger charge is 2.32. The number of anilines is 1. The summed E-state index contributed by atoms with van der Waals surface area (Å²) in [5.41, 5.74) is 1.96. The molecule has 1 amide bonds. The molecule has 2 aromatic rings. The predicted molar refractivity (Wildman–Crippen MR) is 94.0 cm³/mol. The summed E-state index contributed by atoms with van der Waals surface area (Å²) < 4.78 is 2.16. The molecule has 0 spiro atoms. The van der Waals surface area contributed by atoms with Gasteiger partial charge in [0.2, 0.25) is 5.91 Å². The number of nitrogens with one attached hydrogen (secondary N) is 1. The standard InChI is InChI=1S/C19H25N3O2/c1-22-16-8-7-14(11-15(16)21-18(22)13-5-6-13)20-17(23)12-19(24)9-3-2-4-10-19/h7-8,11,13,24H,2-6,9-10,12H2,1H3,(H,20,23). The average Bonchev–Trinajstić information content (AvgIpc) is 3.32. The van der Waals surface area contributed by atoms with Gasteiger partial charge in [-0.3, -0.25) is 4.79 Å². The third-order valence-corrected chi connectivity index (χ3v) is 5.42. The van der Waals surface area contributed by atoms with Crippen LogP contribution in [0.4, 0.5) is 5.69 Å². The van der Waals surface area contributed by atoms with E-state index >= 15 is 0 Å². The molecule has 0 aliphatic heterocycles. The van der Waals surface area contributed by atoms with Gasteiger partial charge < -0.3 is 15.0 Å². The van der Waals surface area contributed by atoms with Crippen LogP contribution >= 0.6 is 0 Å². The number of amides is 1. The fourth-order valence-electron chi connectivity index (χ4n) is 3.89. The predicted octanol–water partition coefficient (Wildman–Crippen LogP) is 3.47. The molecule has 1 aromatic carbocycles. The molecule has 2 N–H and O–H groups in total. The first-order valence-corrected chi connectivity index (χ1v) is 9.03. The van der Waals surface area contributed by atoms with E-state index in [4.69, 9.17) is 4.98 Å². The molecule has 0 saturated heterocycles. The Balaban J connectivity index is 1.48. The highest BCUT2D eigenvalue weighted by Crippen LogP contribution is 2.40. The summed E-state index contributed by atoms with van der Waals surface area (Å²) in [6, 6.07) is 5.87. The van der Waals surface area contributed by atoms with Crippen molar-refractivity contribution in [3.63, 3.8) is 0 Å². The molecular weight excluding hydrogens is 302 g/mol. The van der Waals surface area contributed by atoms with Gasteiger partial charge in [-0.25, -0.2) is 4.98 Å². The molecule has 0 atom stereocenters. The Morgan fingerprint density at radius 1 is 1.33 bits per heavy atom. The van der Waals surface area contributed by atoms with Crippen molar-refractivity contribution in [3.05, 3.63) is 24.0 Å². The summed E-state index contributed by atoms with van der Waals surface area (Å²) in [5.74, 6) is 1.63. The first-order valence-electron chi connectivity index (χ1n) is 9.03. The molecule has 0 unspecified atom stereocenters. The Morgan fingerprint density at radius 3 is 2.79 bits per heavy atom. The van der Waals surface area contributed by atoms with Crippen LogP contribution in [0.2, 0.25) is 0 Å². The number of benzene rings is 1. The largest absolute Gasteiger partial charge is 0.389 e. The Hall–Kier alpha value is -1.88. The molecule has 5 heteroatoms. The van der Waals surface area contributed by atoms with Crippen LogP contribution in [0, 0.1) is 0 Å². The van der Waals surface area contributed by atoms with Crippen LogP contribution < -0.4 is 5.32 Å². The van der Waals surface area contributed by atoms with Crippen molar-refractivity contribution in [2.75, 3.05) is 5.32 Å². The summed E-state index contributed by atoms with van der Waals surface area (Å²) in [6.07, 6.45) is 7.25. The minimum atomic E-state index is -0.823. The number of hydrogen-bond donors (Lipinski definition) is 2. The van der Waals surface area contributed by atoms with E-state index in [0.717, 1.165) is 54.6 Å². The van der Waals surface area contributed by atoms with Crippen molar-refractivity contribution in [1.29, 1.82) is 0 Å². The van der Waals surface area contributed by atoms with Crippen LogP contribution in [-0.2, 0) is 11.8 Å². The van der Waals surface area contributed by atoms with Crippen molar-refractivity contribution < 1.29 is 9.90 Å². The second-order valence-corrected chi connectivity index (χ2v) is 7.52. The Bertz CT molecular complexity index is 770. The van der Waals surface area contributed by atoms with Crippen LogP contribution in [0.25, 0.3) is 11.0 Å². The molecule has 24 heavy (non-hydrogen) atoms. The van der Waals surface area contributed by atoms with Crippen LogP contribution in [0.15, 0.2) is 18.2 Å². The van der Waals surface area contributed by atoms with Gasteiger partial charge in [0.1, 0.15) is 5.82 Å². The summed E-state index contributed by atoms with van der Waals surface area (Å²) in [5, 5.41) is 13.5. The van der Waals surface area contributed by atoms with Gasteiger partial charge in [0, 0.05) is 18.7 Å². The number of rotatable bonds is 4. The molecule has 2 aliphatic rings. The zero-order chi connectivity index (χ0) is 16.7. The van der Waals surface area contributed by atoms with Crippen LogP contribution in [0.5, 0.6) is 0 Å². The summed E-state index contributed by atoms with van der Waals surface area (Å²) in [7, 11) is 2.06.